The maximum atomic E-state index is 9.92. The van der Waals surface area contributed by atoms with E-state index in [2.05, 4.69) is 54.8 Å². The molecule has 0 aliphatic rings. The first-order valence-electron chi connectivity index (χ1n) is 8.33. The van der Waals surface area contributed by atoms with Gasteiger partial charge in [-0.3, -0.25) is 0 Å². The number of nitrogens with zero attached hydrogens (tertiary/aromatic N) is 3. The third-order valence-electron chi connectivity index (χ3n) is 4.48. The summed E-state index contributed by atoms with van der Waals surface area (Å²) in [4.78, 5) is 6.83. The zero-order valence-electron chi connectivity index (χ0n) is 15.1. The molecular weight excluding hydrogens is 300 g/mol. The van der Waals surface area contributed by atoms with Gasteiger partial charge in [0.2, 0.25) is 0 Å². The van der Waals surface area contributed by atoms with E-state index in [9.17, 15) is 5.11 Å². The Kier molecular flexibility index (Phi) is 4.37. The van der Waals surface area contributed by atoms with Crippen molar-refractivity contribution in [1.29, 1.82) is 0 Å². The number of fused-ring (bicyclic) bond motifs is 3. The number of aromatic nitrogens is 2. The molecule has 0 radical (unpaired) electrons. The van der Waals surface area contributed by atoms with Gasteiger partial charge < -0.3 is 19.9 Å². The zero-order valence-corrected chi connectivity index (χ0v) is 15.1. The molecule has 0 spiro atoms. The average molecular weight is 326 g/mol. The van der Waals surface area contributed by atoms with Gasteiger partial charge in [0, 0.05) is 37.2 Å². The molecule has 0 saturated carbocycles. The molecule has 1 atom stereocenters. The summed E-state index contributed by atoms with van der Waals surface area (Å²) in [6, 6.07) is 5.52. The first-order chi connectivity index (χ1) is 11.4. The number of aromatic hydroxyl groups is 1. The van der Waals surface area contributed by atoms with Crippen LogP contribution in [0.1, 0.15) is 12.5 Å². The highest BCUT2D eigenvalue weighted by atomic mass is 16.3. The Morgan fingerprint density at radius 3 is 2.79 bits per heavy atom. The number of pyridine rings is 1. The lowest BCUT2D eigenvalue weighted by Crippen LogP contribution is -2.25. The fourth-order valence-corrected chi connectivity index (χ4v) is 3.51. The summed E-state index contributed by atoms with van der Waals surface area (Å²) in [7, 11) is 6.24. The van der Waals surface area contributed by atoms with Crippen molar-refractivity contribution in [2.75, 3.05) is 32.5 Å². The molecular formula is C19H26N4O. The highest BCUT2D eigenvalue weighted by Gasteiger charge is 2.16. The van der Waals surface area contributed by atoms with Gasteiger partial charge in [0.05, 0.1) is 10.9 Å². The summed E-state index contributed by atoms with van der Waals surface area (Å²) >= 11 is 0. The van der Waals surface area contributed by atoms with Crippen LogP contribution >= 0.6 is 0 Å². The second kappa shape index (κ2) is 6.32. The van der Waals surface area contributed by atoms with Crippen LogP contribution in [0, 0.1) is 12.8 Å². The van der Waals surface area contributed by atoms with Gasteiger partial charge >= 0.3 is 0 Å². The number of nitrogens with one attached hydrogen (secondary N) is 1. The second-order valence-electron chi connectivity index (χ2n) is 7.02. The molecule has 5 heteroatoms. The van der Waals surface area contributed by atoms with Gasteiger partial charge in [-0.25, -0.2) is 4.98 Å². The molecule has 128 valence electrons. The van der Waals surface area contributed by atoms with Crippen LogP contribution in [0.5, 0.6) is 5.75 Å². The summed E-state index contributed by atoms with van der Waals surface area (Å²) < 4.78 is 2.18. The predicted octanol–water partition coefficient (Wildman–Crippen LogP) is 3.35. The van der Waals surface area contributed by atoms with Crippen LogP contribution in [-0.4, -0.2) is 46.7 Å². The highest BCUT2D eigenvalue weighted by Crippen LogP contribution is 2.35. The van der Waals surface area contributed by atoms with Crippen LogP contribution in [0.2, 0.25) is 0 Å². The molecule has 0 amide bonds. The highest BCUT2D eigenvalue weighted by molar-refractivity contribution is 6.14. The summed E-state index contributed by atoms with van der Waals surface area (Å²) in [5.41, 5.74) is 3.40. The van der Waals surface area contributed by atoms with Gasteiger partial charge in [0.25, 0.3) is 0 Å². The molecule has 0 saturated heterocycles. The van der Waals surface area contributed by atoms with Crippen molar-refractivity contribution in [2.45, 2.75) is 13.8 Å². The maximum absolute atomic E-state index is 9.92. The van der Waals surface area contributed by atoms with E-state index in [0.717, 1.165) is 46.3 Å². The van der Waals surface area contributed by atoms with Gasteiger partial charge in [-0.1, -0.05) is 6.92 Å². The van der Waals surface area contributed by atoms with E-state index in [1.54, 1.807) is 6.07 Å². The van der Waals surface area contributed by atoms with E-state index < -0.39 is 0 Å². The number of anilines is 1. The fourth-order valence-electron chi connectivity index (χ4n) is 3.51. The number of hydrogen-bond acceptors (Lipinski definition) is 4. The molecule has 24 heavy (non-hydrogen) atoms. The molecule has 5 nitrogen and oxygen atoms in total. The normalized spacial score (nSPS) is 13.1. The summed E-state index contributed by atoms with van der Waals surface area (Å²) in [5, 5.41) is 15.6. The van der Waals surface area contributed by atoms with Gasteiger partial charge in [0.1, 0.15) is 11.6 Å². The Hall–Kier alpha value is -2.27. The number of aryl methyl sites for hydroxylation is 2. The summed E-state index contributed by atoms with van der Waals surface area (Å²) in [5.74, 6) is 1.68. The van der Waals surface area contributed by atoms with Gasteiger partial charge in [0.15, 0.2) is 0 Å². The first kappa shape index (κ1) is 16.6. The fraction of sp³-hybridized carbons (Fsp3) is 0.421. The molecule has 1 aromatic carbocycles. The van der Waals surface area contributed by atoms with Gasteiger partial charge in [-0.2, -0.15) is 0 Å². The van der Waals surface area contributed by atoms with Crippen LogP contribution in [0.4, 0.5) is 5.82 Å². The minimum Gasteiger partial charge on any atom is -0.508 e. The van der Waals surface area contributed by atoms with Crippen LogP contribution in [0.15, 0.2) is 24.4 Å². The van der Waals surface area contributed by atoms with Crippen LogP contribution in [-0.2, 0) is 7.05 Å². The largest absolute Gasteiger partial charge is 0.508 e. The third kappa shape index (κ3) is 2.91. The number of rotatable bonds is 5. The maximum Gasteiger partial charge on any atom is 0.136 e. The van der Waals surface area contributed by atoms with Crippen LogP contribution in [0.25, 0.3) is 21.8 Å². The minimum atomic E-state index is 0.281. The van der Waals surface area contributed by atoms with Gasteiger partial charge in [-0.15, -0.1) is 0 Å². The molecule has 0 bridgehead atoms. The lowest BCUT2D eigenvalue weighted by atomic mass is 10.1. The average Bonchev–Trinajstić information content (AvgIpc) is 2.80. The Labute approximate surface area is 142 Å². The zero-order chi connectivity index (χ0) is 17.4. The predicted molar refractivity (Wildman–Crippen MR) is 101 cm³/mol. The van der Waals surface area contributed by atoms with E-state index in [4.69, 9.17) is 0 Å². The lowest BCUT2D eigenvalue weighted by molar-refractivity contribution is 0.347. The molecule has 3 rings (SSSR count). The van der Waals surface area contributed by atoms with Crippen molar-refractivity contribution >= 4 is 27.6 Å². The first-order valence-corrected chi connectivity index (χ1v) is 8.33. The van der Waals surface area contributed by atoms with Gasteiger partial charge in [-0.05, 0) is 50.7 Å². The van der Waals surface area contributed by atoms with Crippen molar-refractivity contribution in [3.05, 3.63) is 30.0 Å². The van der Waals surface area contributed by atoms with E-state index >= 15 is 0 Å². The van der Waals surface area contributed by atoms with Crippen LogP contribution in [0.3, 0.4) is 0 Å². The summed E-state index contributed by atoms with van der Waals surface area (Å²) in [6.07, 6.45) is 1.92. The van der Waals surface area contributed by atoms with E-state index in [-0.39, 0.29) is 5.75 Å². The Morgan fingerprint density at radius 1 is 1.33 bits per heavy atom. The van der Waals surface area contributed by atoms with E-state index in [0.29, 0.717) is 5.92 Å². The van der Waals surface area contributed by atoms with Crippen LogP contribution < -0.4 is 5.32 Å². The third-order valence-corrected chi connectivity index (χ3v) is 4.48. The van der Waals surface area contributed by atoms with Crippen molar-refractivity contribution in [3.63, 3.8) is 0 Å². The molecule has 1 unspecified atom stereocenters. The standard InChI is InChI=1S/C19H26N4O/c1-12(11-22(3)4)9-20-19-17-15-8-14(24)6-7-16(15)23(5)18(17)13(2)10-21-19/h6-8,10,12,24H,9,11H2,1-5H3,(H,20,21). The van der Waals surface area contributed by atoms with E-state index in [1.165, 1.54) is 0 Å². The van der Waals surface area contributed by atoms with E-state index in [1.807, 2.05) is 18.3 Å². The summed E-state index contributed by atoms with van der Waals surface area (Å²) in [6.45, 7) is 6.19. The molecule has 2 heterocycles. The quantitative estimate of drug-likeness (QED) is 0.755. The molecule has 2 N–H and O–H groups in total. The van der Waals surface area contributed by atoms with Crippen molar-refractivity contribution in [1.82, 2.24) is 14.5 Å². The van der Waals surface area contributed by atoms with Crippen molar-refractivity contribution < 1.29 is 5.11 Å². The topological polar surface area (TPSA) is 53.3 Å². The SMILES string of the molecule is Cc1cnc(NCC(C)CN(C)C)c2c3cc(O)ccc3n(C)c12. The number of phenolic OH excluding ortho intramolecular Hbond substituents is 1. The molecule has 2 aromatic heterocycles. The van der Waals surface area contributed by atoms with Crippen molar-refractivity contribution in [2.24, 2.45) is 13.0 Å². The number of hydrogen-bond donors (Lipinski definition) is 2. The molecule has 0 aliphatic heterocycles. The Morgan fingerprint density at radius 2 is 2.08 bits per heavy atom. The lowest BCUT2D eigenvalue weighted by Gasteiger charge is -2.18. The Bertz CT molecular complexity index is 882. The molecule has 0 fully saturated rings. The number of phenols is 1. The smallest absolute Gasteiger partial charge is 0.136 e. The minimum absolute atomic E-state index is 0.281. The second-order valence-corrected chi connectivity index (χ2v) is 7.02. The monoisotopic (exact) mass is 326 g/mol. The Balaban J connectivity index is 2.08. The number of benzene rings is 1. The van der Waals surface area contributed by atoms with Crippen molar-refractivity contribution in [3.8, 4) is 5.75 Å². The molecule has 0 aliphatic carbocycles. The molecule has 3 aromatic rings.